The maximum atomic E-state index is 12.1. The smallest absolute Gasteiger partial charge is 0.315 e. The number of amides is 3. The second kappa shape index (κ2) is 8.56. The number of hydrogen-bond donors (Lipinski definition) is 3. The summed E-state index contributed by atoms with van der Waals surface area (Å²) in [5.74, 6) is 0.484. The summed E-state index contributed by atoms with van der Waals surface area (Å²) in [7, 11) is 0. The van der Waals surface area contributed by atoms with Gasteiger partial charge in [0.2, 0.25) is 5.91 Å². The van der Waals surface area contributed by atoms with E-state index in [0.717, 1.165) is 18.4 Å². The van der Waals surface area contributed by atoms with E-state index in [2.05, 4.69) is 28.1 Å². The molecule has 0 heterocycles. The van der Waals surface area contributed by atoms with Gasteiger partial charge >= 0.3 is 6.03 Å². The van der Waals surface area contributed by atoms with E-state index in [4.69, 9.17) is 0 Å². The Morgan fingerprint density at radius 3 is 2.30 bits per heavy atom. The minimum absolute atomic E-state index is 0.00355. The average molecular weight is 317 g/mol. The Balaban J connectivity index is 1.78. The Morgan fingerprint density at radius 2 is 1.74 bits per heavy atom. The lowest BCUT2D eigenvalue weighted by molar-refractivity contribution is -0.123. The maximum absolute atomic E-state index is 12.1. The summed E-state index contributed by atoms with van der Waals surface area (Å²) in [5, 5.41) is 8.68. The van der Waals surface area contributed by atoms with Crippen molar-refractivity contribution in [1.82, 2.24) is 16.0 Å². The lowest BCUT2D eigenvalue weighted by Crippen LogP contribution is -2.44. The molecule has 1 saturated carbocycles. The van der Waals surface area contributed by atoms with Crippen molar-refractivity contribution in [3.8, 4) is 0 Å². The summed E-state index contributed by atoms with van der Waals surface area (Å²) < 4.78 is 0. The van der Waals surface area contributed by atoms with Crippen molar-refractivity contribution in [3.63, 3.8) is 0 Å². The van der Waals surface area contributed by atoms with Crippen LogP contribution in [0.3, 0.4) is 0 Å². The van der Waals surface area contributed by atoms with E-state index in [1.165, 1.54) is 6.42 Å². The molecule has 0 aliphatic heterocycles. The Morgan fingerprint density at radius 1 is 1.09 bits per heavy atom. The zero-order chi connectivity index (χ0) is 16.7. The molecule has 0 saturated heterocycles. The molecule has 5 nitrogen and oxygen atoms in total. The first-order valence-electron chi connectivity index (χ1n) is 8.45. The molecule has 3 N–H and O–H groups in total. The fourth-order valence-electron chi connectivity index (χ4n) is 2.67. The second-order valence-electron chi connectivity index (χ2n) is 6.43. The van der Waals surface area contributed by atoms with Gasteiger partial charge in [-0.3, -0.25) is 4.79 Å². The Kier molecular flexibility index (Phi) is 6.44. The van der Waals surface area contributed by atoms with E-state index in [1.807, 2.05) is 32.0 Å². The van der Waals surface area contributed by atoms with Gasteiger partial charge in [0.05, 0.1) is 6.04 Å². The molecule has 1 aromatic rings. The topological polar surface area (TPSA) is 70.2 Å². The van der Waals surface area contributed by atoms with Gasteiger partial charge in [0.25, 0.3) is 0 Å². The van der Waals surface area contributed by atoms with Crippen LogP contribution in [0.2, 0.25) is 0 Å². The quantitative estimate of drug-likeness (QED) is 0.677. The fraction of sp³-hybridized carbons (Fsp3) is 0.556. The van der Waals surface area contributed by atoms with E-state index in [1.54, 1.807) is 0 Å². The number of benzene rings is 1. The largest absolute Gasteiger partial charge is 0.354 e. The van der Waals surface area contributed by atoms with Gasteiger partial charge < -0.3 is 16.0 Å². The van der Waals surface area contributed by atoms with E-state index >= 15 is 0 Å². The Bertz CT molecular complexity index is 512. The third kappa shape index (κ3) is 5.27. The molecule has 23 heavy (non-hydrogen) atoms. The summed E-state index contributed by atoms with van der Waals surface area (Å²) in [6.07, 6.45) is 3.55. The minimum atomic E-state index is -0.176. The van der Waals surface area contributed by atoms with E-state index in [0.29, 0.717) is 19.0 Å². The summed E-state index contributed by atoms with van der Waals surface area (Å²) in [6, 6.07) is 10.0. The molecule has 126 valence electrons. The first-order chi connectivity index (χ1) is 11.1. The number of nitrogens with one attached hydrogen (secondary N) is 3. The average Bonchev–Trinajstić information content (AvgIpc) is 2.49. The van der Waals surface area contributed by atoms with Crippen LogP contribution in [0.4, 0.5) is 4.79 Å². The van der Waals surface area contributed by atoms with Gasteiger partial charge in [0, 0.05) is 19.0 Å². The first kappa shape index (κ1) is 17.3. The third-order valence-corrected chi connectivity index (χ3v) is 4.30. The lowest BCUT2D eigenvalue weighted by atomic mass is 9.77. The van der Waals surface area contributed by atoms with Gasteiger partial charge in [0.1, 0.15) is 0 Å². The predicted molar refractivity (Wildman–Crippen MR) is 90.9 cm³/mol. The molecular weight excluding hydrogens is 290 g/mol. The SMILES string of the molecule is CC(C)C(=O)NCCNC(=O)N[C@H](c1ccccc1)C1CCC1. The van der Waals surface area contributed by atoms with Crippen LogP contribution in [-0.2, 0) is 4.79 Å². The van der Waals surface area contributed by atoms with Gasteiger partial charge in [-0.1, -0.05) is 50.6 Å². The highest BCUT2D eigenvalue weighted by atomic mass is 16.2. The standard InChI is InChI=1S/C18H27N3O2/c1-13(2)17(22)19-11-12-20-18(23)21-16(15-9-6-10-15)14-7-4-3-5-8-14/h3-5,7-8,13,15-16H,6,9-12H2,1-2H3,(H,19,22)(H2,20,21,23)/t16-/m1/s1. The maximum Gasteiger partial charge on any atom is 0.315 e. The van der Waals surface area contributed by atoms with Crippen LogP contribution in [0.1, 0.15) is 44.7 Å². The molecular formula is C18H27N3O2. The first-order valence-corrected chi connectivity index (χ1v) is 8.45. The van der Waals surface area contributed by atoms with Crippen LogP contribution in [0.25, 0.3) is 0 Å². The van der Waals surface area contributed by atoms with Gasteiger partial charge in [-0.15, -0.1) is 0 Å². The minimum Gasteiger partial charge on any atom is -0.354 e. The van der Waals surface area contributed by atoms with Crippen molar-refractivity contribution in [2.24, 2.45) is 11.8 Å². The molecule has 0 aromatic heterocycles. The van der Waals surface area contributed by atoms with E-state index < -0.39 is 0 Å². The van der Waals surface area contributed by atoms with Crippen molar-refractivity contribution in [1.29, 1.82) is 0 Å². The van der Waals surface area contributed by atoms with Crippen LogP contribution in [0.15, 0.2) is 30.3 Å². The Hall–Kier alpha value is -2.04. The monoisotopic (exact) mass is 317 g/mol. The normalized spacial score (nSPS) is 15.6. The summed E-state index contributed by atoms with van der Waals surface area (Å²) in [4.78, 5) is 23.6. The highest BCUT2D eigenvalue weighted by molar-refractivity contribution is 5.78. The van der Waals surface area contributed by atoms with E-state index in [-0.39, 0.29) is 23.9 Å². The van der Waals surface area contributed by atoms with Crippen molar-refractivity contribution < 1.29 is 9.59 Å². The number of urea groups is 1. The number of carbonyl (C=O) groups is 2. The van der Waals surface area contributed by atoms with Crippen LogP contribution in [0, 0.1) is 11.8 Å². The van der Waals surface area contributed by atoms with Gasteiger partial charge in [-0.05, 0) is 24.3 Å². The molecule has 0 spiro atoms. The molecule has 0 radical (unpaired) electrons. The van der Waals surface area contributed by atoms with Crippen LogP contribution >= 0.6 is 0 Å². The van der Waals surface area contributed by atoms with Gasteiger partial charge in [0.15, 0.2) is 0 Å². The van der Waals surface area contributed by atoms with Gasteiger partial charge in [-0.2, -0.15) is 0 Å². The summed E-state index contributed by atoms with van der Waals surface area (Å²) >= 11 is 0. The molecule has 0 unspecified atom stereocenters. The predicted octanol–water partition coefficient (Wildman–Crippen LogP) is 2.60. The van der Waals surface area contributed by atoms with Crippen molar-refractivity contribution in [3.05, 3.63) is 35.9 Å². The van der Waals surface area contributed by atoms with Crippen molar-refractivity contribution in [2.75, 3.05) is 13.1 Å². The Labute approximate surface area is 138 Å². The van der Waals surface area contributed by atoms with Crippen LogP contribution in [-0.4, -0.2) is 25.0 Å². The molecule has 0 bridgehead atoms. The summed E-state index contributed by atoms with van der Waals surface area (Å²) in [5.41, 5.74) is 1.15. The molecule has 1 fully saturated rings. The molecule has 3 amide bonds. The molecule has 1 aliphatic carbocycles. The van der Waals surface area contributed by atoms with Crippen molar-refractivity contribution >= 4 is 11.9 Å². The van der Waals surface area contributed by atoms with Crippen LogP contribution < -0.4 is 16.0 Å². The number of rotatable bonds is 7. The highest BCUT2D eigenvalue weighted by Crippen LogP contribution is 2.37. The lowest BCUT2D eigenvalue weighted by Gasteiger charge is -2.34. The van der Waals surface area contributed by atoms with Gasteiger partial charge in [-0.25, -0.2) is 4.79 Å². The van der Waals surface area contributed by atoms with E-state index in [9.17, 15) is 9.59 Å². The zero-order valence-corrected chi connectivity index (χ0v) is 14.0. The highest BCUT2D eigenvalue weighted by Gasteiger charge is 2.29. The molecule has 1 atom stereocenters. The fourth-order valence-corrected chi connectivity index (χ4v) is 2.67. The molecule has 1 aliphatic rings. The number of hydrogen-bond acceptors (Lipinski definition) is 2. The zero-order valence-electron chi connectivity index (χ0n) is 14.0. The second-order valence-corrected chi connectivity index (χ2v) is 6.43. The van der Waals surface area contributed by atoms with Crippen LogP contribution in [0.5, 0.6) is 0 Å². The molecule has 1 aromatic carbocycles. The number of carbonyl (C=O) groups excluding carboxylic acids is 2. The molecule has 2 rings (SSSR count). The van der Waals surface area contributed by atoms with Crippen molar-refractivity contribution in [2.45, 2.75) is 39.2 Å². The summed E-state index contributed by atoms with van der Waals surface area (Å²) in [6.45, 7) is 4.57. The third-order valence-electron chi connectivity index (χ3n) is 4.30. The molecule has 5 heteroatoms.